The molecule has 5 rings (SSSR count). The average molecular weight is 469 g/mol. The summed E-state index contributed by atoms with van der Waals surface area (Å²) in [4.78, 5) is 44.7. The number of nitrogens with zero attached hydrogens (tertiary/aromatic N) is 3. The number of esters is 1. The van der Waals surface area contributed by atoms with Gasteiger partial charge in [-0.05, 0) is 49.4 Å². The van der Waals surface area contributed by atoms with E-state index < -0.39 is 0 Å². The van der Waals surface area contributed by atoms with Gasteiger partial charge in [0, 0.05) is 22.0 Å². The van der Waals surface area contributed by atoms with Crippen molar-refractivity contribution in [1.29, 1.82) is 0 Å². The Bertz CT molecular complexity index is 1440. The third-order valence-electron chi connectivity index (χ3n) is 5.25. The highest BCUT2D eigenvalue weighted by Gasteiger charge is 2.28. The molecule has 3 aromatic rings. The first-order valence-corrected chi connectivity index (χ1v) is 11.1. The third-order valence-corrected chi connectivity index (χ3v) is 6.60. The number of ether oxygens (including phenoxy) is 1. The Morgan fingerprint density at radius 2 is 2.00 bits per heavy atom. The van der Waals surface area contributed by atoms with E-state index in [9.17, 15) is 14.4 Å². The Hall–Kier alpha value is -3.43. The molecule has 0 atom stereocenters. The van der Waals surface area contributed by atoms with Crippen molar-refractivity contribution < 1.29 is 14.3 Å². The molecule has 0 aliphatic carbocycles. The number of nitrogens with one attached hydrogen (secondary N) is 1. The van der Waals surface area contributed by atoms with E-state index in [0.29, 0.717) is 50.0 Å². The minimum absolute atomic E-state index is 0.278. The monoisotopic (exact) mass is 468 g/mol. The molecule has 0 saturated carbocycles. The fourth-order valence-corrected chi connectivity index (χ4v) is 4.94. The van der Waals surface area contributed by atoms with Crippen LogP contribution in [0, 0.1) is 0 Å². The highest BCUT2D eigenvalue weighted by atomic mass is 35.5. The van der Waals surface area contributed by atoms with Crippen LogP contribution in [0.15, 0.2) is 52.3 Å². The average Bonchev–Trinajstić information content (AvgIpc) is 3.29. The second-order valence-corrected chi connectivity index (χ2v) is 8.63. The zero-order valence-corrected chi connectivity index (χ0v) is 18.5. The Labute approximate surface area is 191 Å². The molecule has 0 bridgehead atoms. The van der Waals surface area contributed by atoms with Crippen LogP contribution >= 0.6 is 22.9 Å². The maximum atomic E-state index is 13.2. The first-order valence-electron chi connectivity index (χ1n) is 9.88. The number of fused-ring (bicyclic) bond motifs is 2. The quantitative estimate of drug-likeness (QED) is 0.593. The summed E-state index contributed by atoms with van der Waals surface area (Å²) in [5.41, 5.74) is 2.56. The first-order chi connectivity index (χ1) is 15.5. The van der Waals surface area contributed by atoms with Crippen molar-refractivity contribution >= 4 is 51.8 Å². The van der Waals surface area contributed by atoms with Crippen LogP contribution in [0.25, 0.3) is 5.57 Å². The minimum Gasteiger partial charge on any atom is -0.462 e. The Balaban J connectivity index is 1.51. The smallest absolute Gasteiger partial charge is 0.338 e. The first kappa shape index (κ1) is 20.5. The number of benzene rings is 2. The molecule has 0 unspecified atom stereocenters. The van der Waals surface area contributed by atoms with Crippen molar-refractivity contribution in [2.75, 3.05) is 23.5 Å². The summed E-state index contributed by atoms with van der Waals surface area (Å²) in [6, 6.07) is 12.1. The van der Waals surface area contributed by atoms with Gasteiger partial charge < -0.3 is 15.0 Å². The summed E-state index contributed by atoms with van der Waals surface area (Å²) in [5, 5.41) is 3.27. The van der Waals surface area contributed by atoms with Gasteiger partial charge in [-0.15, -0.1) is 0 Å². The van der Waals surface area contributed by atoms with Gasteiger partial charge in [-0.25, -0.2) is 9.79 Å². The topological polar surface area (TPSA) is 93.0 Å². The van der Waals surface area contributed by atoms with E-state index in [1.54, 1.807) is 54.0 Å². The van der Waals surface area contributed by atoms with Crippen LogP contribution in [-0.4, -0.2) is 29.7 Å². The predicted molar refractivity (Wildman–Crippen MR) is 122 cm³/mol. The molecule has 2 aliphatic rings. The molecule has 32 heavy (non-hydrogen) atoms. The number of aromatic nitrogens is 1. The van der Waals surface area contributed by atoms with E-state index in [1.165, 1.54) is 11.3 Å². The number of carbonyl (C=O) groups excluding carboxylic acids is 2. The van der Waals surface area contributed by atoms with Crippen LogP contribution in [0.4, 0.5) is 11.4 Å². The van der Waals surface area contributed by atoms with E-state index in [4.69, 9.17) is 16.3 Å². The number of hydrogen-bond acceptors (Lipinski definition) is 7. The molecule has 0 fully saturated rings. The second-order valence-electron chi connectivity index (χ2n) is 7.21. The summed E-state index contributed by atoms with van der Waals surface area (Å²) in [6.07, 6.45) is 0. The highest BCUT2D eigenvalue weighted by Crippen LogP contribution is 2.32. The van der Waals surface area contributed by atoms with E-state index in [0.717, 1.165) is 5.69 Å². The lowest BCUT2D eigenvalue weighted by atomic mass is 10.1. The van der Waals surface area contributed by atoms with Gasteiger partial charge in [-0.2, -0.15) is 0 Å². The van der Waals surface area contributed by atoms with Gasteiger partial charge in [0.2, 0.25) is 0 Å². The van der Waals surface area contributed by atoms with Crippen LogP contribution < -0.4 is 25.1 Å². The summed E-state index contributed by atoms with van der Waals surface area (Å²) < 4.78 is 6.89. The Morgan fingerprint density at radius 1 is 1.22 bits per heavy atom. The number of amides is 1. The lowest BCUT2D eigenvalue weighted by Crippen LogP contribution is -2.43. The molecule has 2 aromatic carbocycles. The van der Waals surface area contributed by atoms with Crippen molar-refractivity contribution in [3.8, 4) is 0 Å². The van der Waals surface area contributed by atoms with Gasteiger partial charge in [0.1, 0.15) is 17.9 Å². The number of hydrogen-bond donors (Lipinski definition) is 1. The summed E-state index contributed by atoms with van der Waals surface area (Å²) >= 11 is 7.31. The van der Waals surface area contributed by atoms with E-state index in [-0.39, 0.29) is 24.1 Å². The number of rotatable bonds is 3. The Morgan fingerprint density at radius 3 is 2.75 bits per heavy atom. The molecule has 162 valence electrons. The molecular weight excluding hydrogens is 452 g/mol. The zero-order valence-electron chi connectivity index (χ0n) is 16.9. The molecule has 10 heteroatoms. The molecule has 8 nitrogen and oxygen atoms in total. The van der Waals surface area contributed by atoms with Crippen molar-refractivity contribution in [2.45, 2.75) is 13.6 Å². The molecule has 0 spiro atoms. The zero-order chi connectivity index (χ0) is 22.4. The van der Waals surface area contributed by atoms with Crippen LogP contribution in [-0.2, 0) is 16.2 Å². The van der Waals surface area contributed by atoms with Crippen molar-refractivity contribution in [2.24, 2.45) is 4.99 Å². The van der Waals surface area contributed by atoms with Crippen molar-refractivity contribution in [3.05, 3.63) is 78.3 Å². The van der Waals surface area contributed by atoms with Gasteiger partial charge in [-0.3, -0.25) is 14.2 Å². The lowest BCUT2D eigenvalue weighted by molar-refractivity contribution is -0.110. The summed E-state index contributed by atoms with van der Waals surface area (Å²) in [5.74, 6) is -0.708. The summed E-state index contributed by atoms with van der Waals surface area (Å²) in [6.45, 7) is 2.70. The normalized spacial score (nSPS) is 16.2. The van der Waals surface area contributed by atoms with Gasteiger partial charge in [0.15, 0.2) is 4.80 Å². The highest BCUT2D eigenvalue weighted by molar-refractivity contribution is 7.07. The van der Waals surface area contributed by atoms with E-state index in [2.05, 4.69) is 10.3 Å². The van der Waals surface area contributed by atoms with Crippen LogP contribution in [0.1, 0.15) is 22.8 Å². The predicted octanol–water partition coefficient (Wildman–Crippen LogP) is 1.95. The third kappa shape index (κ3) is 3.39. The maximum absolute atomic E-state index is 13.2. The molecular formula is C22H17ClN4O4S. The largest absolute Gasteiger partial charge is 0.462 e. The number of carbonyl (C=O) groups is 2. The lowest BCUT2D eigenvalue weighted by Gasteiger charge is -2.25. The van der Waals surface area contributed by atoms with Crippen molar-refractivity contribution in [3.63, 3.8) is 0 Å². The SMILES string of the molecule is CCOC(=O)c1ccc(N2CN=c3sc(=C4C(=O)Nc5ccc(Cl)cc54)c(=O)n3C2)cc1. The Kier molecular flexibility index (Phi) is 5.07. The molecule has 1 N–H and O–H groups in total. The van der Waals surface area contributed by atoms with Gasteiger partial charge in [-0.1, -0.05) is 22.9 Å². The van der Waals surface area contributed by atoms with Crippen LogP contribution in [0.3, 0.4) is 0 Å². The van der Waals surface area contributed by atoms with Crippen LogP contribution in [0.5, 0.6) is 0 Å². The molecule has 0 radical (unpaired) electrons. The van der Waals surface area contributed by atoms with E-state index >= 15 is 0 Å². The summed E-state index contributed by atoms with van der Waals surface area (Å²) in [7, 11) is 0. The second kappa shape index (κ2) is 7.92. The van der Waals surface area contributed by atoms with Gasteiger partial charge in [0.05, 0.1) is 17.7 Å². The fraction of sp³-hybridized carbons (Fsp3) is 0.182. The van der Waals surface area contributed by atoms with Crippen LogP contribution in [0.2, 0.25) is 5.02 Å². The number of anilines is 2. The van der Waals surface area contributed by atoms with E-state index in [1.807, 2.05) is 4.90 Å². The maximum Gasteiger partial charge on any atom is 0.338 e. The number of halogens is 1. The van der Waals surface area contributed by atoms with Gasteiger partial charge in [0.25, 0.3) is 11.5 Å². The minimum atomic E-state index is -0.379. The standard InChI is InChI=1S/C22H17ClN4O4S/c1-2-31-21(30)12-3-6-14(7-4-12)26-10-24-22-27(11-26)20(29)18(32-22)17-15-9-13(23)5-8-16(15)25-19(17)28/h3-9H,2,10-11H2,1H3,(H,25,28). The molecule has 1 aromatic heterocycles. The number of thiazole rings is 1. The molecule has 3 heterocycles. The van der Waals surface area contributed by atoms with Crippen molar-refractivity contribution in [1.82, 2.24) is 4.57 Å². The van der Waals surface area contributed by atoms with Gasteiger partial charge >= 0.3 is 5.97 Å². The molecule has 1 amide bonds. The molecule has 0 saturated heterocycles. The molecule has 2 aliphatic heterocycles. The fourth-order valence-electron chi connectivity index (χ4n) is 3.71.